The minimum atomic E-state index is -0.494. The molecule has 0 N–H and O–H groups in total. The monoisotopic (exact) mass is 326 g/mol. The third-order valence-corrected chi connectivity index (χ3v) is 3.87. The van der Waals surface area contributed by atoms with Crippen molar-refractivity contribution in [2.75, 3.05) is 19.7 Å². The second-order valence-electron chi connectivity index (χ2n) is 7.06. The summed E-state index contributed by atoms with van der Waals surface area (Å²) in [6, 6.07) is 0. The Hall–Kier alpha value is -1.79. The van der Waals surface area contributed by atoms with Gasteiger partial charge in [0.1, 0.15) is 11.2 Å². The van der Waals surface area contributed by atoms with E-state index in [4.69, 9.17) is 14.3 Å². The van der Waals surface area contributed by atoms with Gasteiger partial charge in [0.05, 0.1) is 18.7 Å². The van der Waals surface area contributed by atoms with Crippen LogP contribution in [-0.4, -0.2) is 53.6 Å². The van der Waals surface area contributed by atoms with Gasteiger partial charge in [0.2, 0.25) is 0 Å². The normalized spacial score (nSPS) is 20.0. The summed E-state index contributed by atoms with van der Waals surface area (Å²) in [7, 11) is 0. The third kappa shape index (κ3) is 4.84. The van der Waals surface area contributed by atoms with Gasteiger partial charge >= 0.3 is 12.1 Å². The lowest BCUT2D eigenvalue weighted by molar-refractivity contribution is -0.141. The number of amides is 1. The number of hydrogen-bond acceptors (Lipinski definition) is 6. The van der Waals surface area contributed by atoms with Crippen LogP contribution in [0.2, 0.25) is 0 Å². The van der Waals surface area contributed by atoms with Crippen LogP contribution < -0.4 is 0 Å². The second kappa shape index (κ2) is 6.76. The molecule has 2 aliphatic heterocycles. The lowest BCUT2D eigenvalue weighted by Gasteiger charge is -2.37. The zero-order chi connectivity index (χ0) is 17.1. The van der Waals surface area contributed by atoms with Crippen LogP contribution in [0, 0.1) is 0 Å². The number of carbonyl (C=O) groups excluding carboxylic acids is 2. The van der Waals surface area contributed by atoms with Crippen molar-refractivity contribution < 1.29 is 23.9 Å². The molecule has 0 saturated carbocycles. The summed E-state index contributed by atoms with van der Waals surface area (Å²) in [6.45, 7) is 8.83. The standard InChI is InChI=1S/C16H26N2O5/c1-5-21-13(19)10-12-11-16(23-17-12)6-8-18(9-7-16)14(20)22-15(2,3)4/h5-11H2,1-4H3. The molecule has 0 aromatic heterocycles. The molecule has 0 bridgehead atoms. The van der Waals surface area contributed by atoms with Crippen molar-refractivity contribution in [1.29, 1.82) is 0 Å². The third-order valence-electron chi connectivity index (χ3n) is 3.87. The van der Waals surface area contributed by atoms with E-state index in [1.54, 1.807) is 11.8 Å². The summed E-state index contributed by atoms with van der Waals surface area (Å²) in [4.78, 5) is 30.9. The van der Waals surface area contributed by atoms with Crippen LogP contribution in [0.4, 0.5) is 4.79 Å². The van der Waals surface area contributed by atoms with E-state index in [0.29, 0.717) is 44.7 Å². The number of rotatable bonds is 3. The van der Waals surface area contributed by atoms with E-state index in [-0.39, 0.29) is 24.1 Å². The molecule has 23 heavy (non-hydrogen) atoms. The number of hydrogen-bond donors (Lipinski definition) is 0. The summed E-state index contributed by atoms with van der Waals surface area (Å²) in [5.41, 5.74) is -0.166. The van der Waals surface area contributed by atoms with Gasteiger partial charge in [-0.05, 0) is 27.7 Å². The SMILES string of the molecule is CCOC(=O)CC1=NOC2(CCN(C(=O)OC(C)(C)C)CC2)C1. The van der Waals surface area contributed by atoms with Gasteiger partial charge < -0.3 is 19.2 Å². The first-order chi connectivity index (χ1) is 10.7. The fraction of sp³-hybridized carbons (Fsp3) is 0.812. The van der Waals surface area contributed by atoms with Gasteiger partial charge in [-0.25, -0.2) is 4.79 Å². The van der Waals surface area contributed by atoms with Gasteiger partial charge in [-0.1, -0.05) is 5.16 Å². The van der Waals surface area contributed by atoms with E-state index in [9.17, 15) is 9.59 Å². The van der Waals surface area contributed by atoms with Gasteiger partial charge in [-0.15, -0.1) is 0 Å². The molecule has 0 aliphatic carbocycles. The van der Waals surface area contributed by atoms with E-state index in [1.807, 2.05) is 20.8 Å². The van der Waals surface area contributed by atoms with E-state index in [2.05, 4.69) is 5.16 Å². The van der Waals surface area contributed by atoms with Gasteiger partial charge in [-0.3, -0.25) is 4.79 Å². The van der Waals surface area contributed by atoms with E-state index in [1.165, 1.54) is 0 Å². The van der Waals surface area contributed by atoms with Crippen molar-refractivity contribution in [2.45, 2.75) is 64.6 Å². The minimum absolute atomic E-state index is 0.172. The summed E-state index contributed by atoms with van der Waals surface area (Å²) in [5.74, 6) is -0.280. The van der Waals surface area contributed by atoms with Crippen molar-refractivity contribution in [3.63, 3.8) is 0 Å². The Morgan fingerprint density at radius 2 is 1.96 bits per heavy atom. The molecule has 2 heterocycles. The smallest absolute Gasteiger partial charge is 0.410 e. The van der Waals surface area contributed by atoms with Crippen molar-refractivity contribution in [2.24, 2.45) is 5.16 Å². The maximum Gasteiger partial charge on any atom is 0.410 e. The number of likely N-dealkylation sites (tertiary alicyclic amines) is 1. The zero-order valence-electron chi connectivity index (χ0n) is 14.4. The van der Waals surface area contributed by atoms with Gasteiger partial charge in [0, 0.05) is 32.4 Å². The molecular weight excluding hydrogens is 300 g/mol. The molecule has 0 aromatic rings. The number of carbonyl (C=O) groups is 2. The van der Waals surface area contributed by atoms with Crippen LogP contribution in [0.5, 0.6) is 0 Å². The zero-order valence-corrected chi connectivity index (χ0v) is 14.4. The van der Waals surface area contributed by atoms with Gasteiger partial charge in [-0.2, -0.15) is 0 Å². The topological polar surface area (TPSA) is 77.4 Å². The average molecular weight is 326 g/mol. The largest absolute Gasteiger partial charge is 0.466 e. The van der Waals surface area contributed by atoms with Crippen LogP contribution in [0.25, 0.3) is 0 Å². The van der Waals surface area contributed by atoms with Crippen molar-refractivity contribution in [3.05, 3.63) is 0 Å². The number of esters is 1. The van der Waals surface area contributed by atoms with Crippen molar-refractivity contribution in [3.8, 4) is 0 Å². The summed E-state index contributed by atoms with van der Waals surface area (Å²) >= 11 is 0. The fourth-order valence-corrected chi connectivity index (χ4v) is 2.76. The molecule has 2 aliphatic rings. The quantitative estimate of drug-likeness (QED) is 0.745. The van der Waals surface area contributed by atoms with Crippen LogP contribution in [0.3, 0.4) is 0 Å². The van der Waals surface area contributed by atoms with Crippen LogP contribution in [0.1, 0.15) is 53.4 Å². The summed E-state index contributed by atoms with van der Waals surface area (Å²) in [5, 5.41) is 4.05. The number of piperidine rings is 1. The van der Waals surface area contributed by atoms with Gasteiger partial charge in [0.15, 0.2) is 0 Å². The Morgan fingerprint density at radius 3 is 2.52 bits per heavy atom. The van der Waals surface area contributed by atoms with E-state index < -0.39 is 5.60 Å². The highest BCUT2D eigenvalue weighted by Gasteiger charge is 2.43. The molecule has 1 spiro atoms. The molecule has 0 radical (unpaired) electrons. The molecule has 7 heteroatoms. The highest BCUT2D eigenvalue weighted by Crippen LogP contribution is 2.35. The van der Waals surface area contributed by atoms with Crippen LogP contribution >= 0.6 is 0 Å². The molecule has 7 nitrogen and oxygen atoms in total. The number of oxime groups is 1. The average Bonchev–Trinajstić information content (AvgIpc) is 2.80. The molecule has 1 saturated heterocycles. The minimum Gasteiger partial charge on any atom is -0.466 e. The molecule has 1 amide bonds. The highest BCUT2D eigenvalue weighted by atomic mass is 16.7. The lowest BCUT2D eigenvalue weighted by Crippen LogP contribution is -2.48. The Morgan fingerprint density at radius 1 is 1.30 bits per heavy atom. The second-order valence-corrected chi connectivity index (χ2v) is 7.06. The first-order valence-electron chi connectivity index (χ1n) is 8.10. The van der Waals surface area contributed by atoms with E-state index in [0.717, 1.165) is 0 Å². The molecule has 130 valence electrons. The molecule has 0 unspecified atom stereocenters. The molecule has 0 atom stereocenters. The maximum atomic E-state index is 12.1. The number of ether oxygens (including phenoxy) is 2. The Bertz CT molecular complexity index is 487. The van der Waals surface area contributed by atoms with Crippen LogP contribution in [0.15, 0.2) is 5.16 Å². The lowest BCUT2D eigenvalue weighted by atomic mass is 9.86. The predicted octanol–water partition coefficient (Wildman–Crippen LogP) is 2.49. The van der Waals surface area contributed by atoms with Crippen molar-refractivity contribution >= 4 is 17.8 Å². The van der Waals surface area contributed by atoms with Crippen LogP contribution in [-0.2, 0) is 19.1 Å². The first-order valence-corrected chi connectivity index (χ1v) is 8.10. The Balaban J connectivity index is 1.81. The molecule has 0 aromatic carbocycles. The highest BCUT2D eigenvalue weighted by molar-refractivity contribution is 5.99. The fourth-order valence-electron chi connectivity index (χ4n) is 2.76. The molecule has 1 fully saturated rings. The van der Waals surface area contributed by atoms with Crippen molar-refractivity contribution in [1.82, 2.24) is 4.90 Å². The number of nitrogens with zero attached hydrogens (tertiary/aromatic N) is 2. The summed E-state index contributed by atoms with van der Waals surface area (Å²) in [6.07, 6.45) is 1.86. The predicted molar refractivity (Wildman–Crippen MR) is 84.2 cm³/mol. The van der Waals surface area contributed by atoms with Gasteiger partial charge in [0.25, 0.3) is 0 Å². The molecular formula is C16H26N2O5. The Kier molecular flexibility index (Phi) is 5.16. The first kappa shape index (κ1) is 17.6. The maximum absolute atomic E-state index is 12.1. The summed E-state index contributed by atoms with van der Waals surface area (Å²) < 4.78 is 10.3. The molecule has 2 rings (SSSR count). The Labute approximate surface area is 136 Å². The van der Waals surface area contributed by atoms with E-state index >= 15 is 0 Å².